The summed E-state index contributed by atoms with van der Waals surface area (Å²) in [6.45, 7) is 8.83. The van der Waals surface area contributed by atoms with Crippen LogP contribution in [-0.2, 0) is 18.9 Å². The summed E-state index contributed by atoms with van der Waals surface area (Å²) in [7, 11) is 0. The van der Waals surface area contributed by atoms with E-state index in [1.54, 1.807) is 0 Å². The fourth-order valence-electron chi connectivity index (χ4n) is 1.55. The van der Waals surface area contributed by atoms with E-state index < -0.39 is 0 Å². The minimum Gasteiger partial charge on any atom is -0.451 e. The highest BCUT2D eigenvalue weighted by Crippen LogP contribution is 1.99. The minimum atomic E-state index is 0.480. The van der Waals surface area contributed by atoms with Crippen molar-refractivity contribution in [1.29, 1.82) is 0 Å². The minimum absolute atomic E-state index is 0.480. The molecule has 0 saturated heterocycles. The third kappa shape index (κ3) is 9.15. The Hall–Kier alpha value is -1.46. The lowest BCUT2D eigenvalue weighted by molar-refractivity contribution is 0.150. The largest absolute Gasteiger partial charge is 0.451 e. The molecule has 122 valence electrons. The number of aliphatic imine (C=N–C) groups is 2. The lowest BCUT2D eigenvalue weighted by Gasteiger charge is -2.13. The van der Waals surface area contributed by atoms with E-state index in [1.807, 2.05) is 0 Å². The molecule has 0 N–H and O–H groups in total. The number of ether oxygens (including phenoxy) is 4. The van der Waals surface area contributed by atoms with Crippen LogP contribution in [0.15, 0.2) is 9.98 Å². The Morgan fingerprint density at radius 1 is 0.857 bits per heavy atom. The van der Waals surface area contributed by atoms with Crippen LogP contribution in [0.1, 0.15) is 46.0 Å². The van der Waals surface area contributed by atoms with E-state index in [-0.39, 0.29) is 0 Å². The van der Waals surface area contributed by atoms with Crippen LogP contribution in [0.5, 0.6) is 0 Å². The SMILES string of the molecule is CCCCOC1=NCCCO1.CCCOC1=NCCCO1. The van der Waals surface area contributed by atoms with Gasteiger partial charge in [0, 0.05) is 25.9 Å². The lowest BCUT2D eigenvalue weighted by Crippen LogP contribution is -2.17. The maximum absolute atomic E-state index is 5.25. The van der Waals surface area contributed by atoms with E-state index in [1.165, 1.54) is 0 Å². The van der Waals surface area contributed by atoms with Gasteiger partial charge < -0.3 is 18.9 Å². The van der Waals surface area contributed by atoms with Crippen LogP contribution in [0.4, 0.5) is 0 Å². The smallest absolute Gasteiger partial charge is 0.383 e. The van der Waals surface area contributed by atoms with Crippen molar-refractivity contribution < 1.29 is 18.9 Å². The van der Waals surface area contributed by atoms with Gasteiger partial charge in [0.05, 0.1) is 26.4 Å². The van der Waals surface area contributed by atoms with Crippen LogP contribution in [-0.4, -0.2) is 51.7 Å². The normalized spacial score (nSPS) is 17.2. The van der Waals surface area contributed by atoms with Gasteiger partial charge in [0.25, 0.3) is 0 Å². The monoisotopic (exact) mass is 300 g/mol. The summed E-state index contributed by atoms with van der Waals surface area (Å²) in [5, 5.41) is 0. The van der Waals surface area contributed by atoms with Crippen molar-refractivity contribution >= 4 is 12.2 Å². The van der Waals surface area contributed by atoms with Gasteiger partial charge in [0.2, 0.25) is 0 Å². The van der Waals surface area contributed by atoms with E-state index in [2.05, 4.69) is 23.8 Å². The predicted octanol–water partition coefficient (Wildman–Crippen LogP) is 2.77. The molecule has 0 amide bonds. The molecule has 6 heteroatoms. The molecule has 0 spiro atoms. The average molecular weight is 300 g/mol. The van der Waals surface area contributed by atoms with Crippen molar-refractivity contribution in [3.05, 3.63) is 0 Å². The van der Waals surface area contributed by atoms with Crippen LogP contribution < -0.4 is 0 Å². The summed E-state index contributed by atoms with van der Waals surface area (Å²) in [5.74, 6) is 0. The summed E-state index contributed by atoms with van der Waals surface area (Å²) >= 11 is 0. The van der Waals surface area contributed by atoms with Gasteiger partial charge in [-0.2, -0.15) is 0 Å². The second-order valence-electron chi connectivity index (χ2n) is 4.75. The zero-order chi connectivity index (χ0) is 15.2. The molecule has 0 aromatic rings. The molecule has 2 heterocycles. The molecule has 0 aromatic heterocycles. The maximum Gasteiger partial charge on any atom is 0.383 e. The Kier molecular flexibility index (Phi) is 10.3. The Balaban J connectivity index is 0.000000211. The molecule has 0 aromatic carbocycles. The third-order valence-corrected chi connectivity index (χ3v) is 2.69. The van der Waals surface area contributed by atoms with E-state index >= 15 is 0 Å². The van der Waals surface area contributed by atoms with E-state index in [9.17, 15) is 0 Å². The first kappa shape index (κ1) is 17.6. The summed E-state index contributed by atoms with van der Waals surface area (Å²) in [5.41, 5.74) is 0. The Morgan fingerprint density at radius 3 is 1.86 bits per heavy atom. The molecule has 2 aliphatic rings. The van der Waals surface area contributed by atoms with Gasteiger partial charge in [-0.15, -0.1) is 0 Å². The number of unbranched alkanes of at least 4 members (excludes halogenated alkanes) is 1. The van der Waals surface area contributed by atoms with Crippen LogP contribution in [0.3, 0.4) is 0 Å². The first-order chi connectivity index (χ1) is 10.4. The van der Waals surface area contributed by atoms with Gasteiger partial charge in [0.15, 0.2) is 0 Å². The highest BCUT2D eigenvalue weighted by Gasteiger charge is 2.06. The highest BCUT2D eigenvalue weighted by atomic mass is 16.7. The maximum atomic E-state index is 5.25. The molecule has 2 aliphatic heterocycles. The molecular weight excluding hydrogens is 272 g/mol. The molecule has 0 atom stereocenters. The Bertz CT molecular complexity index is 319. The van der Waals surface area contributed by atoms with Crippen LogP contribution in [0.25, 0.3) is 0 Å². The van der Waals surface area contributed by atoms with Crippen molar-refractivity contribution in [2.24, 2.45) is 9.98 Å². The van der Waals surface area contributed by atoms with Crippen molar-refractivity contribution in [1.82, 2.24) is 0 Å². The van der Waals surface area contributed by atoms with Crippen molar-refractivity contribution in [2.75, 3.05) is 39.5 Å². The van der Waals surface area contributed by atoms with E-state index in [0.717, 1.165) is 65.0 Å². The van der Waals surface area contributed by atoms with Crippen LogP contribution >= 0.6 is 0 Å². The van der Waals surface area contributed by atoms with E-state index in [4.69, 9.17) is 18.9 Å². The van der Waals surface area contributed by atoms with Crippen molar-refractivity contribution in [2.45, 2.75) is 46.0 Å². The molecule has 2 rings (SSSR count). The van der Waals surface area contributed by atoms with Gasteiger partial charge in [0.1, 0.15) is 0 Å². The molecule has 6 nitrogen and oxygen atoms in total. The standard InChI is InChI=1S/C8H15NO2.C7H13NO2/c1-2-3-6-10-8-9-5-4-7-11-8;1-2-5-9-7-8-4-3-6-10-7/h2-7H2,1H3;2-6H2,1H3. The van der Waals surface area contributed by atoms with Gasteiger partial charge in [-0.05, 0) is 12.8 Å². The molecule has 0 saturated carbocycles. The molecular formula is C15H28N2O4. The molecule has 0 aliphatic carbocycles. The van der Waals surface area contributed by atoms with Crippen molar-refractivity contribution in [3.8, 4) is 0 Å². The fraction of sp³-hybridized carbons (Fsp3) is 0.867. The summed E-state index contributed by atoms with van der Waals surface area (Å²) in [6, 6.07) is 0. The van der Waals surface area contributed by atoms with Crippen LogP contribution in [0.2, 0.25) is 0 Å². The zero-order valence-corrected chi connectivity index (χ0v) is 13.3. The summed E-state index contributed by atoms with van der Waals surface area (Å²) < 4.78 is 20.7. The van der Waals surface area contributed by atoms with Gasteiger partial charge in [-0.3, -0.25) is 0 Å². The zero-order valence-electron chi connectivity index (χ0n) is 13.3. The molecule has 0 fully saturated rings. The first-order valence-electron chi connectivity index (χ1n) is 7.97. The van der Waals surface area contributed by atoms with E-state index in [0.29, 0.717) is 18.8 Å². The van der Waals surface area contributed by atoms with Gasteiger partial charge in [-0.1, -0.05) is 20.3 Å². The first-order valence-corrected chi connectivity index (χ1v) is 7.97. The molecule has 0 unspecified atom stereocenters. The predicted molar refractivity (Wildman–Crippen MR) is 82.8 cm³/mol. The Labute approximate surface area is 127 Å². The third-order valence-electron chi connectivity index (χ3n) is 2.69. The average Bonchev–Trinajstić information content (AvgIpc) is 2.56. The summed E-state index contributed by atoms with van der Waals surface area (Å²) in [4.78, 5) is 8.11. The number of rotatable bonds is 5. The molecule has 0 bridgehead atoms. The van der Waals surface area contributed by atoms with Gasteiger partial charge >= 0.3 is 12.2 Å². The lowest BCUT2D eigenvalue weighted by atomic mass is 10.4. The summed E-state index contributed by atoms with van der Waals surface area (Å²) in [6.07, 6.45) is 6.22. The molecule has 0 radical (unpaired) electrons. The van der Waals surface area contributed by atoms with Crippen LogP contribution in [0, 0.1) is 0 Å². The number of hydrogen-bond donors (Lipinski definition) is 0. The second-order valence-corrected chi connectivity index (χ2v) is 4.75. The van der Waals surface area contributed by atoms with Crippen molar-refractivity contribution in [3.63, 3.8) is 0 Å². The number of hydrogen-bond acceptors (Lipinski definition) is 6. The molecule has 21 heavy (non-hydrogen) atoms. The topological polar surface area (TPSA) is 61.6 Å². The number of nitrogens with zero attached hydrogens (tertiary/aromatic N) is 2. The Morgan fingerprint density at radius 2 is 1.43 bits per heavy atom. The quantitative estimate of drug-likeness (QED) is 0.732. The second kappa shape index (κ2) is 12.3. The fourth-order valence-corrected chi connectivity index (χ4v) is 1.55. The van der Waals surface area contributed by atoms with Gasteiger partial charge in [-0.25, -0.2) is 9.98 Å². The highest BCUT2D eigenvalue weighted by molar-refractivity contribution is 5.67.